The molecule has 0 aliphatic rings. The molecular formula is C21H15N3O2. The molecule has 1 heterocycles. The standard InChI is InChI=1S/C21H15N3O2/c1-14(25)15-5-3-8-18(12-15)24-21(26)17-7-2-6-16(11-17)19-9-4-10-23-20(19)13-22/h2-12H,1H3,(H,24,26). The molecule has 0 aliphatic carbocycles. The molecule has 0 unspecified atom stereocenters. The summed E-state index contributed by atoms with van der Waals surface area (Å²) in [6, 6.07) is 19.4. The normalized spacial score (nSPS) is 10.0. The van der Waals surface area contributed by atoms with E-state index in [1.165, 1.54) is 6.92 Å². The lowest BCUT2D eigenvalue weighted by molar-refractivity contribution is 0.101. The zero-order chi connectivity index (χ0) is 18.5. The zero-order valence-electron chi connectivity index (χ0n) is 14.1. The highest BCUT2D eigenvalue weighted by atomic mass is 16.1. The Bertz CT molecular complexity index is 1040. The van der Waals surface area contributed by atoms with E-state index in [1.54, 1.807) is 60.8 Å². The third kappa shape index (κ3) is 3.65. The molecule has 0 fully saturated rings. The summed E-state index contributed by atoms with van der Waals surface area (Å²) < 4.78 is 0. The first-order chi connectivity index (χ1) is 12.6. The lowest BCUT2D eigenvalue weighted by Gasteiger charge is -2.09. The van der Waals surface area contributed by atoms with E-state index in [4.69, 9.17) is 0 Å². The van der Waals surface area contributed by atoms with Crippen LogP contribution in [0.2, 0.25) is 0 Å². The van der Waals surface area contributed by atoms with Crippen molar-refractivity contribution >= 4 is 17.4 Å². The van der Waals surface area contributed by atoms with Crippen LogP contribution in [-0.2, 0) is 0 Å². The van der Waals surface area contributed by atoms with E-state index in [2.05, 4.69) is 16.4 Å². The molecule has 0 atom stereocenters. The number of Topliss-reactive ketones (excluding diaryl/α,β-unsaturated/α-hetero) is 1. The van der Waals surface area contributed by atoms with Crippen molar-refractivity contribution in [3.63, 3.8) is 0 Å². The highest BCUT2D eigenvalue weighted by Crippen LogP contribution is 2.23. The van der Waals surface area contributed by atoms with Gasteiger partial charge in [0.2, 0.25) is 0 Å². The molecule has 1 amide bonds. The van der Waals surface area contributed by atoms with Gasteiger partial charge in [-0.25, -0.2) is 4.98 Å². The number of carbonyl (C=O) groups excluding carboxylic acids is 2. The number of rotatable bonds is 4. The number of nitrogens with one attached hydrogen (secondary N) is 1. The molecule has 0 saturated carbocycles. The number of carbonyl (C=O) groups is 2. The maximum Gasteiger partial charge on any atom is 0.255 e. The summed E-state index contributed by atoms with van der Waals surface area (Å²) >= 11 is 0. The van der Waals surface area contributed by atoms with E-state index < -0.39 is 0 Å². The number of ketones is 1. The minimum absolute atomic E-state index is 0.0660. The Kier molecular flexibility index (Phi) is 4.86. The molecule has 0 spiro atoms. The van der Waals surface area contributed by atoms with Gasteiger partial charge in [-0.2, -0.15) is 5.26 Å². The van der Waals surface area contributed by atoms with E-state index in [9.17, 15) is 14.9 Å². The molecule has 26 heavy (non-hydrogen) atoms. The number of amides is 1. The predicted octanol–water partition coefficient (Wildman–Crippen LogP) is 4.08. The molecule has 126 valence electrons. The fourth-order valence-electron chi connectivity index (χ4n) is 2.57. The molecule has 5 heteroatoms. The lowest BCUT2D eigenvalue weighted by Crippen LogP contribution is -2.12. The quantitative estimate of drug-likeness (QED) is 0.725. The monoisotopic (exact) mass is 341 g/mol. The topological polar surface area (TPSA) is 82.8 Å². The minimum atomic E-state index is -0.296. The predicted molar refractivity (Wildman–Crippen MR) is 98.8 cm³/mol. The second-order valence-electron chi connectivity index (χ2n) is 5.68. The molecule has 1 aromatic heterocycles. The summed E-state index contributed by atoms with van der Waals surface area (Å²) in [6.45, 7) is 1.48. The number of pyridine rings is 1. The summed E-state index contributed by atoms with van der Waals surface area (Å²) in [7, 11) is 0. The van der Waals surface area contributed by atoms with E-state index in [1.807, 2.05) is 6.07 Å². The number of hydrogen-bond donors (Lipinski definition) is 1. The smallest absolute Gasteiger partial charge is 0.255 e. The first kappa shape index (κ1) is 17.1. The van der Waals surface area contributed by atoms with E-state index >= 15 is 0 Å². The molecule has 0 aliphatic heterocycles. The van der Waals surface area contributed by atoms with Crippen molar-refractivity contribution in [1.82, 2.24) is 4.98 Å². The molecule has 3 rings (SSSR count). The Hall–Kier alpha value is -3.78. The van der Waals surface area contributed by atoms with Crippen LogP contribution in [0.1, 0.15) is 33.3 Å². The fourth-order valence-corrected chi connectivity index (χ4v) is 2.57. The molecule has 0 radical (unpaired) electrons. The third-order valence-electron chi connectivity index (χ3n) is 3.88. The number of aromatic nitrogens is 1. The molecule has 5 nitrogen and oxygen atoms in total. The van der Waals surface area contributed by atoms with Gasteiger partial charge >= 0.3 is 0 Å². The van der Waals surface area contributed by atoms with Crippen molar-refractivity contribution < 1.29 is 9.59 Å². The summed E-state index contributed by atoms with van der Waals surface area (Å²) in [4.78, 5) is 28.1. The highest BCUT2D eigenvalue weighted by Gasteiger charge is 2.11. The first-order valence-electron chi connectivity index (χ1n) is 7.96. The van der Waals surface area contributed by atoms with Crippen molar-refractivity contribution in [3.05, 3.63) is 83.7 Å². The van der Waals surface area contributed by atoms with E-state index in [0.29, 0.717) is 28.1 Å². The zero-order valence-corrected chi connectivity index (χ0v) is 14.1. The van der Waals surface area contributed by atoms with Gasteiger partial charge < -0.3 is 5.32 Å². The average molecular weight is 341 g/mol. The maximum absolute atomic E-state index is 12.6. The van der Waals surface area contributed by atoms with Gasteiger partial charge in [-0.3, -0.25) is 9.59 Å². The SMILES string of the molecule is CC(=O)c1cccc(NC(=O)c2cccc(-c3cccnc3C#N)c2)c1. The van der Waals surface area contributed by atoms with Crippen LogP contribution >= 0.6 is 0 Å². The Morgan fingerprint density at radius 1 is 1.00 bits per heavy atom. The van der Waals surface area contributed by atoms with Crippen LogP contribution in [0.5, 0.6) is 0 Å². The number of nitrogens with zero attached hydrogens (tertiary/aromatic N) is 2. The summed E-state index contributed by atoms with van der Waals surface area (Å²) in [5.41, 5.74) is 3.24. The van der Waals surface area contributed by atoms with E-state index in [0.717, 1.165) is 5.56 Å². The summed E-state index contributed by atoms with van der Waals surface area (Å²) in [5, 5.41) is 12.0. The number of anilines is 1. The molecule has 1 N–H and O–H groups in total. The largest absolute Gasteiger partial charge is 0.322 e. The van der Waals surface area contributed by atoms with E-state index in [-0.39, 0.29) is 11.7 Å². The van der Waals surface area contributed by atoms with Crippen LogP contribution in [0.25, 0.3) is 11.1 Å². The van der Waals surface area contributed by atoms with Crippen LogP contribution in [0.4, 0.5) is 5.69 Å². The number of nitriles is 1. The van der Waals surface area contributed by atoms with Crippen molar-refractivity contribution in [1.29, 1.82) is 5.26 Å². The average Bonchev–Trinajstić information content (AvgIpc) is 2.68. The van der Waals surface area contributed by atoms with Crippen molar-refractivity contribution in [3.8, 4) is 17.2 Å². The van der Waals surface area contributed by atoms with Gasteiger partial charge in [0.25, 0.3) is 5.91 Å². The van der Waals surface area contributed by atoms with Gasteiger partial charge in [-0.15, -0.1) is 0 Å². The first-order valence-corrected chi connectivity index (χ1v) is 7.96. The van der Waals surface area contributed by atoms with Gasteiger partial charge in [0, 0.05) is 28.6 Å². The number of benzene rings is 2. The molecular weight excluding hydrogens is 326 g/mol. The molecule has 0 bridgehead atoms. The van der Waals surface area contributed by atoms with Crippen LogP contribution in [0.3, 0.4) is 0 Å². The fraction of sp³-hybridized carbons (Fsp3) is 0.0476. The Balaban J connectivity index is 1.89. The summed E-state index contributed by atoms with van der Waals surface area (Å²) in [5.74, 6) is -0.362. The summed E-state index contributed by atoms with van der Waals surface area (Å²) in [6.07, 6.45) is 1.56. The maximum atomic E-state index is 12.6. The Morgan fingerprint density at radius 2 is 1.77 bits per heavy atom. The molecule has 0 saturated heterocycles. The van der Waals surface area contributed by atoms with Gasteiger partial charge in [0.15, 0.2) is 5.78 Å². The lowest BCUT2D eigenvalue weighted by atomic mass is 10.0. The second kappa shape index (κ2) is 7.41. The van der Waals surface area contributed by atoms with Crippen LogP contribution in [0, 0.1) is 11.3 Å². The molecule has 2 aromatic carbocycles. The van der Waals surface area contributed by atoms with Crippen LogP contribution in [-0.4, -0.2) is 16.7 Å². The Labute approximate surface area is 150 Å². The van der Waals surface area contributed by atoms with Crippen molar-refractivity contribution in [2.45, 2.75) is 6.92 Å². The van der Waals surface area contributed by atoms with Crippen molar-refractivity contribution in [2.24, 2.45) is 0 Å². The molecule has 3 aromatic rings. The second-order valence-corrected chi connectivity index (χ2v) is 5.68. The van der Waals surface area contributed by atoms with Gasteiger partial charge in [-0.1, -0.05) is 24.3 Å². The van der Waals surface area contributed by atoms with Gasteiger partial charge in [0.1, 0.15) is 11.8 Å². The van der Waals surface area contributed by atoms with Crippen LogP contribution < -0.4 is 5.32 Å². The third-order valence-corrected chi connectivity index (χ3v) is 3.88. The minimum Gasteiger partial charge on any atom is -0.322 e. The van der Waals surface area contributed by atoms with Gasteiger partial charge in [0.05, 0.1) is 0 Å². The van der Waals surface area contributed by atoms with Crippen molar-refractivity contribution in [2.75, 3.05) is 5.32 Å². The Morgan fingerprint density at radius 3 is 2.54 bits per heavy atom. The highest BCUT2D eigenvalue weighted by molar-refractivity contribution is 6.05. The van der Waals surface area contributed by atoms with Crippen LogP contribution in [0.15, 0.2) is 66.9 Å². The van der Waals surface area contributed by atoms with Gasteiger partial charge in [-0.05, 0) is 48.9 Å². The number of hydrogen-bond acceptors (Lipinski definition) is 4.